The number of aldehydes is 1. The number of phenolic OH excluding ortho intramolecular Hbond substituents is 1. The lowest BCUT2D eigenvalue weighted by atomic mass is 10.2. The van der Waals surface area contributed by atoms with E-state index >= 15 is 0 Å². The first-order chi connectivity index (χ1) is 8.15. The molecule has 0 unspecified atom stereocenters. The second-order valence-corrected chi connectivity index (χ2v) is 3.74. The SMILES string of the molecule is CCc1nn(-c2ccc(C=O)c(O)c2)nc1C. The second kappa shape index (κ2) is 4.37. The van der Waals surface area contributed by atoms with Crippen LogP contribution in [0.4, 0.5) is 0 Å². The summed E-state index contributed by atoms with van der Waals surface area (Å²) in [6.07, 6.45) is 1.42. The highest BCUT2D eigenvalue weighted by molar-refractivity contribution is 5.79. The molecule has 0 bridgehead atoms. The maximum atomic E-state index is 10.6. The molecule has 0 atom stereocenters. The number of rotatable bonds is 3. The van der Waals surface area contributed by atoms with Gasteiger partial charge in [-0.05, 0) is 25.5 Å². The number of nitrogens with zero attached hydrogens (tertiary/aromatic N) is 3. The zero-order chi connectivity index (χ0) is 12.4. The zero-order valence-corrected chi connectivity index (χ0v) is 9.71. The van der Waals surface area contributed by atoms with Gasteiger partial charge >= 0.3 is 0 Å². The van der Waals surface area contributed by atoms with E-state index in [4.69, 9.17) is 0 Å². The topological polar surface area (TPSA) is 68.0 Å². The van der Waals surface area contributed by atoms with Gasteiger partial charge in [-0.2, -0.15) is 15.0 Å². The van der Waals surface area contributed by atoms with Gasteiger partial charge in [0, 0.05) is 6.07 Å². The number of aromatic nitrogens is 3. The maximum Gasteiger partial charge on any atom is 0.153 e. The average Bonchev–Trinajstić information content (AvgIpc) is 2.70. The Labute approximate surface area is 98.7 Å². The Hall–Kier alpha value is -2.17. The predicted molar refractivity (Wildman–Crippen MR) is 62.5 cm³/mol. The number of hydrogen-bond donors (Lipinski definition) is 1. The molecule has 1 heterocycles. The summed E-state index contributed by atoms with van der Waals surface area (Å²) in [5.74, 6) is -0.0644. The molecule has 1 aromatic carbocycles. The lowest BCUT2D eigenvalue weighted by Crippen LogP contribution is -1.99. The predicted octanol–water partition coefficient (Wildman–Crippen LogP) is 1.66. The molecule has 0 aliphatic rings. The number of phenols is 1. The van der Waals surface area contributed by atoms with E-state index < -0.39 is 0 Å². The summed E-state index contributed by atoms with van der Waals surface area (Å²) >= 11 is 0. The van der Waals surface area contributed by atoms with Gasteiger partial charge in [-0.1, -0.05) is 6.92 Å². The Bertz CT molecular complexity index is 561. The molecule has 5 heteroatoms. The molecule has 0 radical (unpaired) electrons. The number of carbonyl (C=O) groups excluding carboxylic acids is 1. The van der Waals surface area contributed by atoms with E-state index in [1.54, 1.807) is 12.1 Å². The molecular formula is C12H13N3O2. The monoisotopic (exact) mass is 231 g/mol. The average molecular weight is 231 g/mol. The quantitative estimate of drug-likeness (QED) is 0.815. The van der Waals surface area contributed by atoms with E-state index in [0.717, 1.165) is 17.8 Å². The lowest BCUT2D eigenvalue weighted by molar-refractivity contribution is 0.112. The van der Waals surface area contributed by atoms with Crippen LogP contribution in [0.25, 0.3) is 5.69 Å². The molecule has 88 valence electrons. The largest absolute Gasteiger partial charge is 0.507 e. The summed E-state index contributed by atoms with van der Waals surface area (Å²) in [6.45, 7) is 3.90. The second-order valence-electron chi connectivity index (χ2n) is 3.74. The summed E-state index contributed by atoms with van der Waals surface area (Å²) in [5, 5.41) is 18.1. The third-order valence-electron chi connectivity index (χ3n) is 2.58. The van der Waals surface area contributed by atoms with E-state index in [1.807, 2.05) is 13.8 Å². The summed E-state index contributed by atoms with van der Waals surface area (Å²) < 4.78 is 0. The molecule has 0 saturated heterocycles. The van der Waals surface area contributed by atoms with Crippen molar-refractivity contribution in [2.45, 2.75) is 20.3 Å². The van der Waals surface area contributed by atoms with Gasteiger partial charge in [-0.15, -0.1) is 0 Å². The first-order valence-electron chi connectivity index (χ1n) is 5.37. The molecule has 1 N–H and O–H groups in total. The molecule has 0 saturated carbocycles. The van der Waals surface area contributed by atoms with Crippen molar-refractivity contribution in [1.29, 1.82) is 0 Å². The van der Waals surface area contributed by atoms with Gasteiger partial charge in [-0.3, -0.25) is 4.79 Å². The van der Waals surface area contributed by atoms with Gasteiger partial charge in [0.1, 0.15) is 5.75 Å². The van der Waals surface area contributed by atoms with Crippen LogP contribution >= 0.6 is 0 Å². The Morgan fingerprint density at radius 1 is 1.41 bits per heavy atom. The van der Waals surface area contributed by atoms with Crippen molar-refractivity contribution in [3.8, 4) is 11.4 Å². The molecule has 1 aromatic heterocycles. The van der Waals surface area contributed by atoms with Crippen LogP contribution < -0.4 is 0 Å². The summed E-state index contributed by atoms with van der Waals surface area (Å²) in [4.78, 5) is 12.0. The minimum absolute atomic E-state index is 0.0644. The van der Waals surface area contributed by atoms with Gasteiger partial charge in [-0.25, -0.2) is 0 Å². The van der Waals surface area contributed by atoms with E-state index in [1.165, 1.54) is 10.9 Å². The van der Waals surface area contributed by atoms with Crippen LogP contribution in [0.5, 0.6) is 5.75 Å². The van der Waals surface area contributed by atoms with Crippen LogP contribution in [0.3, 0.4) is 0 Å². The van der Waals surface area contributed by atoms with Crippen molar-refractivity contribution < 1.29 is 9.90 Å². The summed E-state index contributed by atoms with van der Waals surface area (Å²) in [6, 6.07) is 4.72. The summed E-state index contributed by atoms with van der Waals surface area (Å²) in [7, 11) is 0. The van der Waals surface area contributed by atoms with Gasteiger partial charge in [0.25, 0.3) is 0 Å². The van der Waals surface area contributed by atoms with E-state index in [2.05, 4.69) is 10.2 Å². The van der Waals surface area contributed by atoms with Gasteiger partial charge in [0.15, 0.2) is 6.29 Å². The van der Waals surface area contributed by atoms with Crippen molar-refractivity contribution >= 4 is 6.29 Å². The summed E-state index contributed by atoms with van der Waals surface area (Å²) in [5.41, 5.74) is 2.68. The Morgan fingerprint density at radius 2 is 2.18 bits per heavy atom. The molecule has 5 nitrogen and oxygen atoms in total. The fourth-order valence-corrected chi connectivity index (χ4v) is 1.61. The smallest absolute Gasteiger partial charge is 0.153 e. The molecule has 0 fully saturated rings. The molecule has 0 aliphatic heterocycles. The van der Waals surface area contributed by atoms with E-state index in [0.29, 0.717) is 12.0 Å². The highest BCUT2D eigenvalue weighted by Crippen LogP contribution is 2.19. The minimum atomic E-state index is -0.0644. The number of aromatic hydroxyl groups is 1. The Balaban J connectivity index is 2.45. The minimum Gasteiger partial charge on any atom is -0.507 e. The van der Waals surface area contributed by atoms with Crippen LogP contribution in [0, 0.1) is 6.92 Å². The molecule has 0 spiro atoms. The lowest BCUT2D eigenvalue weighted by Gasteiger charge is -2.01. The Morgan fingerprint density at radius 3 is 2.71 bits per heavy atom. The van der Waals surface area contributed by atoms with Crippen molar-refractivity contribution in [1.82, 2.24) is 15.0 Å². The third kappa shape index (κ3) is 2.04. The van der Waals surface area contributed by atoms with Crippen molar-refractivity contribution in [2.75, 3.05) is 0 Å². The van der Waals surface area contributed by atoms with Crippen LogP contribution in [0.1, 0.15) is 28.7 Å². The number of aryl methyl sites for hydroxylation is 2. The maximum absolute atomic E-state index is 10.6. The van der Waals surface area contributed by atoms with Crippen LogP contribution in [0.2, 0.25) is 0 Å². The van der Waals surface area contributed by atoms with Crippen LogP contribution in [-0.2, 0) is 6.42 Å². The first kappa shape index (κ1) is 11.3. The van der Waals surface area contributed by atoms with Gasteiger partial charge in [0.2, 0.25) is 0 Å². The van der Waals surface area contributed by atoms with Gasteiger partial charge < -0.3 is 5.11 Å². The standard InChI is InChI=1S/C12H13N3O2/c1-3-11-8(2)13-15(14-11)10-5-4-9(7-16)12(17)6-10/h4-7,17H,3H2,1-2H3. The number of hydrogen-bond acceptors (Lipinski definition) is 4. The van der Waals surface area contributed by atoms with Crippen molar-refractivity contribution in [3.63, 3.8) is 0 Å². The van der Waals surface area contributed by atoms with Crippen molar-refractivity contribution in [2.24, 2.45) is 0 Å². The first-order valence-corrected chi connectivity index (χ1v) is 5.37. The molecule has 17 heavy (non-hydrogen) atoms. The molecule has 2 rings (SSSR count). The zero-order valence-electron chi connectivity index (χ0n) is 9.71. The molecule has 0 aliphatic carbocycles. The van der Waals surface area contributed by atoms with Gasteiger partial charge in [0.05, 0.1) is 22.6 Å². The normalized spacial score (nSPS) is 10.5. The molecule has 0 amide bonds. The van der Waals surface area contributed by atoms with Crippen LogP contribution in [-0.4, -0.2) is 26.4 Å². The fraction of sp³-hybridized carbons (Fsp3) is 0.250. The fourth-order valence-electron chi connectivity index (χ4n) is 1.61. The number of carbonyl (C=O) groups is 1. The highest BCUT2D eigenvalue weighted by Gasteiger charge is 2.08. The Kier molecular flexibility index (Phi) is 2.91. The molecule has 2 aromatic rings. The number of benzene rings is 1. The van der Waals surface area contributed by atoms with Crippen LogP contribution in [0.15, 0.2) is 18.2 Å². The van der Waals surface area contributed by atoms with E-state index in [-0.39, 0.29) is 11.3 Å². The van der Waals surface area contributed by atoms with Crippen molar-refractivity contribution in [3.05, 3.63) is 35.2 Å². The molecular weight excluding hydrogens is 218 g/mol. The highest BCUT2D eigenvalue weighted by atomic mass is 16.3. The van der Waals surface area contributed by atoms with E-state index in [9.17, 15) is 9.90 Å². The third-order valence-corrected chi connectivity index (χ3v) is 2.58.